The van der Waals surface area contributed by atoms with Crippen LogP contribution in [0, 0.1) is 11.6 Å². The fourth-order valence-electron chi connectivity index (χ4n) is 2.44. The van der Waals surface area contributed by atoms with Crippen molar-refractivity contribution in [3.05, 3.63) is 47.7 Å². The van der Waals surface area contributed by atoms with Crippen molar-refractivity contribution in [1.82, 2.24) is 4.98 Å². The average Bonchev–Trinajstić information content (AvgIpc) is 2.56. The largest absolute Gasteiger partial charge is 0.370 e. The lowest BCUT2D eigenvalue weighted by molar-refractivity contribution is 0.608. The number of hydrogen-bond acceptors (Lipinski definition) is 3. The molecule has 1 heterocycles. The smallest absolute Gasteiger partial charge is 0.186 e. The normalized spacial score (nSPS) is 10.5. The zero-order valence-corrected chi connectivity index (χ0v) is 13.8. The van der Waals surface area contributed by atoms with Crippen molar-refractivity contribution in [2.75, 3.05) is 18.0 Å². The molecule has 128 valence electrons. The number of aliphatic imine (C=N–C) groups is 1. The Bertz CT molecular complexity index is 738. The van der Waals surface area contributed by atoms with E-state index in [0.717, 1.165) is 0 Å². The van der Waals surface area contributed by atoms with Gasteiger partial charge in [-0.2, -0.15) is 0 Å². The predicted octanol–water partition coefficient (Wildman–Crippen LogP) is 2.65. The van der Waals surface area contributed by atoms with E-state index in [1.165, 1.54) is 12.3 Å². The number of nitrogens with two attached hydrogens (primary N) is 2. The molecule has 0 atom stereocenters. The van der Waals surface area contributed by atoms with Crippen molar-refractivity contribution in [3.63, 3.8) is 0 Å². The van der Waals surface area contributed by atoms with Crippen LogP contribution in [0.5, 0.6) is 0 Å². The van der Waals surface area contributed by atoms with Gasteiger partial charge in [0.15, 0.2) is 17.6 Å². The molecule has 0 amide bonds. The van der Waals surface area contributed by atoms with Crippen LogP contribution in [0.4, 0.5) is 14.6 Å². The van der Waals surface area contributed by atoms with Crippen LogP contribution in [-0.4, -0.2) is 24.0 Å². The predicted molar refractivity (Wildman–Crippen MR) is 92.7 cm³/mol. The van der Waals surface area contributed by atoms with Gasteiger partial charge in [-0.25, -0.2) is 18.8 Å². The molecule has 7 heteroatoms. The van der Waals surface area contributed by atoms with Gasteiger partial charge in [0.05, 0.1) is 6.54 Å². The molecule has 1 aromatic heterocycles. The highest BCUT2D eigenvalue weighted by Crippen LogP contribution is 2.28. The molecule has 4 N–H and O–H groups in total. The number of halogens is 2. The summed E-state index contributed by atoms with van der Waals surface area (Å²) in [5.74, 6) is -0.818. The Morgan fingerprint density at radius 2 is 1.92 bits per heavy atom. The van der Waals surface area contributed by atoms with E-state index >= 15 is 0 Å². The maximum atomic E-state index is 14.6. The molecule has 2 aromatic rings. The molecule has 0 spiro atoms. The quantitative estimate of drug-likeness (QED) is 0.629. The van der Waals surface area contributed by atoms with E-state index in [-0.39, 0.29) is 23.9 Å². The Morgan fingerprint density at radius 1 is 1.21 bits per heavy atom. The van der Waals surface area contributed by atoms with Crippen LogP contribution in [-0.2, 0) is 6.54 Å². The molecular formula is C17H21F2N5. The summed E-state index contributed by atoms with van der Waals surface area (Å²) in [6.07, 6.45) is 1.47. The van der Waals surface area contributed by atoms with E-state index in [1.807, 2.05) is 13.8 Å². The molecule has 0 fully saturated rings. The van der Waals surface area contributed by atoms with E-state index in [1.54, 1.807) is 23.1 Å². The molecule has 0 aliphatic carbocycles. The maximum Gasteiger partial charge on any atom is 0.186 e. The Balaban J connectivity index is 2.40. The van der Waals surface area contributed by atoms with Crippen LogP contribution in [0.15, 0.2) is 35.5 Å². The number of guanidine groups is 1. The van der Waals surface area contributed by atoms with Crippen LogP contribution in [0.2, 0.25) is 0 Å². The molecule has 2 rings (SSSR count). The third kappa shape index (κ3) is 3.79. The SMILES string of the molecule is CCN(CC)c1ncc(-c2cccc(CN=C(N)N)c2F)cc1F. The van der Waals surface area contributed by atoms with Crippen LogP contribution < -0.4 is 16.4 Å². The van der Waals surface area contributed by atoms with Crippen molar-refractivity contribution in [3.8, 4) is 11.1 Å². The second kappa shape index (κ2) is 7.72. The van der Waals surface area contributed by atoms with Gasteiger partial charge in [0.1, 0.15) is 5.82 Å². The van der Waals surface area contributed by atoms with Gasteiger partial charge >= 0.3 is 0 Å². The van der Waals surface area contributed by atoms with E-state index in [4.69, 9.17) is 11.5 Å². The van der Waals surface area contributed by atoms with Crippen LogP contribution >= 0.6 is 0 Å². The zero-order chi connectivity index (χ0) is 17.7. The molecule has 0 radical (unpaired) electrons. The number of pyridine rings is 1. The van der Waals surface area contributed by atoms with Gasteiger partial charge in [0, 0.05) is 36.0 Å². The summed E-state index contributed by atoms with van der Waals surface area (Å²) < 4.78 is 29.0. The lowest BCUT2D eigenvalue weighted by atomic mass is 10.0. The fraction of sp³-hybridized carbons (Fsp3) is 0.294. The van der Waals surface area contributed by atoms with Crippen molar-refractivity contribution in [1.29, 1.82) is 0 Å². The van der Waals surface area contributed by atoms with Gasteiger partial charge < -0.3 is 16.4 Å². The Kier molecular flexibility index (Phi) is 5.68. The second-order valence-corrected chi connectivity index (χ2v) is 5.22. The third-order valence-corrected chi connectivity index (χ3v) is 3.71. The van der Waals surface area contributed by atoms with Crippen molar-refractivity contribution in [2.45, 2.75) is 20.4 Å². The van der Waals surface area contributed by atoms with E-state index < -0.39 is 11.6 Å². The minimum atomic E-state index is -0.487. The highest BCUT2D eigenvalue weighted by molar-refractivity contribution is 5.75. The Morgan fingerprint density at radius 3 is 2.50 bits per heavy atom. The summed E-state index contributed by atoms with van der Waals surface area (Å²) in [5, 5.41) is 0. The second-order valence-electron chi connectivity index (χ2n) is 5.22. The fourth-order valence-corrected chi connectivity index (χ4v) is 2.44. The van der Waals surface area contributed by atoms with Gasteiger partial charge in [-0.05, 0) is 19.9 Å². The Labute approximate surface area is 140 Å². The highest BCUT2D eigenvalue weighted by atomic mass is 19.1. The van der Waals surface area contributed by atoms with E-state index in [0.29, 0.717) is 24.2 Å². The number of benzene rings is 1. The zero-order valence-electron chi connectivity index (χ0n) is 13.8. The number of hydrogen-bond donors (Lipinski definition) is 2. The van der Waals surface area contributed by atoms with Crippen molar-refractivity contribution >= 4 is 11.8 Å². The lowest BCUT2D eigenvalue weighted by Crippen LogP contribution is -2.24. The first-order valence-electron chi connectivity index (χ1n) is 7.71. The highest BCUT2D eigenvalue weighted by Gasteiger charge is 2.15. The first kappa shape index (κ1) is 17.7. The molecule has 0 bridgehead atoms. The minimum absolute atomic E-state index is 0.0233. The molecular weight excluding hydrogens is 312 g/mol. The first-order chi connectivity index (χ1) is 11.5. The summed E-state index contributed by atoms with van der Waals surface area (Å²) in [4.78, 5) is 9.76. The van der Waals surface area contributed by atoms with Crippen LogP contribution in [0.1, 0.15) is 19.4 Å². The van der Waals surface area contributed by atoms with Gasteiger partial charge in [-0.3, -0.25) is 0 Å². The van der Waals surface area contributed by atoms with Crippen LogP contribution in [0.25, 0.3) is 11.1 Å². The van der Waals surface area contributed by atoms with Crippen molar-refractivity contribution < 1.29 is 8.78 Å². The lowest BCUT2D eigenvalue weighted by Gasteiger charge is -2.20. The summed E-state index contributed by atoms with van der Waals surface area (Å²) in [7, 11) is 0. The molecule has 0 saturated heterocycles. The van der Waals surface area contributed by atoms with Gasteiger partial charge in [0.2, 0.25) is 0 Å². The van der Waals surface area contributed by atoms with Gasteiger partial charge in [-0.1, -0.05) is 18.2 Å². The van der Waals surface area contributed by atoms with Crippen LogP contribution in [0.3, 0.4) is 0 Å². The average molecular weight is 333 g/mol. The minimum Gasteiger partial charge on any atom is -0.370 e. The first-order valence-corrected chi connectivity index (χ1v) is 7.71. The molecule has 24 heavy (non-hydrogen) atoms. The van der Waals surface area contributed by atoms with E-state index in [9.17, 15) is 8.78 Å². The molecule has 0 saturated carbocycles. The molecule has 0 unspecified atom stereocenters. The summed E-state index contributed by atoms with van der Waals surface area (Å²) >= 11 is 0. The molecule has 0 aliphatic heterocycles. The van der Waals surface area contributed by atoms with Crippen molar-refractivity contribution in [2.24, 2.45) is 16.5 Å². The standard InChI is InChI=1S/C17H21F2N5/c1-3-24(4-2)16-14(18)8-12(10-22-16)13-7-5-6-11(15(13)19)9-23-17(20)21/h5-8,10H,3-4,9H2,1-2H3,(H4,20,21,23). The number of aromatic nitrogens is 1. The number of rotatable bonds is 6. The summed E-state index contributed by atoms with van der Waals surface area (Å²) in [6.45, 7) is 5.15. The maximum absolute atomic E-state index is 14.6. The molecule has 5 nitrogen and oxygen atoms in total. The van der Waals surface area contributed by atoms with E-state index in [2.05, 4.69) is 9.98 Å². The topological polar surface area (TPSA) is 80.5 Å². The third-order valence-electron chi connectivity index (χ3n) is 3.71. The monoisotopic (exact) mass is 333 g/mol. The number of anilines is 1. The summed E-state index contributed by atoms with van der Waals surface area (Å²) in [5.41, 5.74) is 11.5. The molecule has 1 aromatic carbocycles. The van der Waals surface area contributed by atoms with Gasteiger partial charge in [-0.15, -0.1) is 0 Å². The summed E-state index contributed by atoms with van der Waals surface area (Å²) in [6, 6.07) is 6.12. The molecule has 0 aliphatic rings. The van der Waals surface area contributed by atoms with Gasteiger partial charge in [0.25, 0.3) is 0 Å². The Hall–Kier alpha value is -2.70. The number of nitrogens with zero attached hydrogens (tertiary/aromatic N) is 3.